The average Bonchev–Trinajstić information content (AvgIpc) is 3.29. The van der Waals surface area contributed by atoms with E-state index < -0.39 is 5.97 Å². The summed E-state index contributed by atoms with van der Waals surface area (Å²) in [6, 6.07) is 6.05. The third-order valence-electron chi connectivity index (χ3n) is 5.73. The third kappa shape index (κ3) is 4.73. The first-order valence-electron chi connectivity index (χ1n) is 9.82. The molecule has 1 amide bonds. The summed E-state index contributed by atoms with van der Waals surface area (Å²) in [7, 11) is 1.65. The van der Waals surface area contributed by atoms with Crippen molar-refractivity contribution in [1.29, 1.82) is 0 Å². The number of hydrogen-bond acceptors (Lipinski definition) is 4. The van der Waals surface area contributed by atoms with Crippen molar-refractivity contribution in [3.63, 3.8) is 0 Å². The number of nitrogens with zero attached hydrogens (tertiary/aromatic N) is 1. The Kier molecular flexibility index (Phi) is 6.24. The fraction of sp³-hybridized carbons (Fsp3) is 0.619. The molecule has 27 heavy (non-hydrogen) atoms. The second-order valence-electron chi connectivity index (χ2n) is 7.71. The topological polar surface area (TPSA) is 76.1 Å². The van der Waals surface area contributed by atoms with Gasteiger partial charge in [0.2, 0.25) is 5.91 Å². The monoisotopic (exact) mass is 375 g/mol. The van der Waals surface area contributed by atoms with Crippen molar-refractivity contribution in [3.8, 4) is 11.5 Å². The van der Waals surface area contributed by atoms with E-state index in [1.807, 2.05) is 12.1 Å². The molecule has 1 aliphatic carbocycles. The zero-order chi connectivity index (χ0) is 19.4. The van der Waals surface area contributed by atoms with Crippen LogP contribution in [0.15, 0.2) is 18.2 Å². The van der Waals surface area contributed by atoms with Gasteiger partial charge in [-0.2, -0.15) is 0 Å². The second kappa shape index (κ2) is 8.63. The van der Waals surface area contributed by atoms with Crippen LogP contribution in [0.1, 0.15) is 56.9 Å². The van der Waals surface area contributed by atoms with E-state index in [-0.39, 0.29) is 30.8 Å². The zero-order valence-electron chi connectivity index (χ0n) is 16.1. The number of benzene rings is 1. The first-order valence-corrected chi connectivity index (χ1v) is 9.82. The van der Waals surface area contributed by atoms with Crippen LogP contribution in [0, 0.1) is 5.92 Å². The summed E-state index contributed by atoms with van der Waals surface area (Å²) in [5, 5.41) is 8.79. The van der Waals surface area contributed by atoms with Crippen LogP contribution >= 0.6 is 0 Å². The maximum atomic E-state index is 12.3. The van der Waals surface area contributed by atoms with Gasteiger partial charge in [-0.05, 0) is 49.3 Å². The Morgan fingerprint density at radius 3 is 2.56 bits per heavy atom. The van der Waals surface area contributed by atoms with Gasteiger partial charge in [-0.3, -0.25) is 9.59 Å². The maximum Gasteiger partial charge on any atom is 0.303 e. The molecule has 1 aliphatic heterocycles. The molecule has 6 nitrogen and oxygen atoms in total. The molecular weight excluding hydrogens is 346 g/mol. The third-order valence-corrected chi connectivity index (χ3v) is 5.73. The molecule has 1 aromatic carbocycles. The lowest BCUT2D eigenvalue weighted by molar-refractivity contribution is -0.140. The molecular formula is C21H29NO5. The van der Waals surface area contributed by atoms with E-state index in [9.17, 15) is 9.59 Å². The molecule has 0 aromatic heterocycles. The highest BCUT2D eigenvalue weighted by Gasteiger charge is 2.34. The van der Waals surface area contributed by atoms with Gasteiger partial charge in [0.05, 0.1) is 19.6 Å². The predicted molar refractivity (Wildman–Crippen MR) is 101 cm³/mol. The maximum absolute atomic E-state index is 12.3. The summed E-state index contributed by atoms with van der Waals surface area (Å²) in [5.74, 6) is 1.04. The quantitative estimate of drug-likeness (QED) is 0.790. The van der Waals surface area contributed by atoms with Gasteiger partial charge < -0.3 is 19.5 Å². The van der Waals surface area contributed by atoms with E-state index in [2.05, 4.69) is 13.0 Å². The number of carbonyl (C=O) groups excluding carboxylic acids is 1. The highest BCUT2D eigenvalue weighted by molar-refractivity contribution is 5.81. The number of hydrogen-bond donors (Lipinski definition) is 1. The number of carbonyl (C=O) groups is 2. The molecule has 0 radical (unpaired) electrons. The van der Waals surface area contributed by atoms with Gasteiger partial charge >= 0.3 is 5.97 Å². The van der Waals surface area contributed by atoms with Gasteiger partial charge in [-0.1, -0.05) is 13.0 Å². The standard InChI is InChI=1S/C21H29NO5/c1-14-12-22(20(23)9-10-21(24)25)13-17(14)15-7-8-18(26-2)19(11-15)27-16-5-3-4-6-16/h7-8,11,14,16-17H,3-6,9-10,12-13H2,1-2H3,(H,24,25)/t14-,17+/m0/s1. The molecule has 0 unspecified atom stereocenters. The van der Waals surface area contributed by atoms with Gasteiger partial charge in [0, 0.05) is 25.4 Å². The molecule has 6 heteroatoms. The molecule has 0 bridgehead atoms. The smallest absolute Gasteiger partial charge is 0.303 e. The molecule has 148 valence electrons. The molecule has 1 aromatic rings. The number of carboxylic acids is 1. The number of ether oxygens (including phenoxy) is 2. The Morgan fingerprint density at radius 1 is 1.15 bits per heavy atom. The van der Waals surface area contributed by atoms with Crippen molar-refractivity contribution in [2.75, 3.05) is 20.2 Å². The molecule has 1 saturated heterocycles. The highest BCUT2D eigenvalue weighted by Crippen LogP contribution is 2.38. The number of methoxy groups -OCH3 is 1. The zero-order valence-corrected chi connectivity index (χ0v) is 16.1. The van der Waals surface area contributed by atoms with Crippen molar-refractivity contribution in [2.45, 2.75) is 57.5 Å². The van der Waals surface area contributed by atoms with E-state index in [4.69, 9.17) is 14.6 Å². The Morgan fingerprint density at radius 2 is 1.89 bits per heavy atom. The van der Waals surface area contributed by atoms with Crippen LogP contribution < -0.4 is 9.47 Å². The van der Waals surface area contributed by atoms with Crippen LogP contribution in [-0.4, -0.2) is 48.2 Å². The van der Waals surface area contributed by atoms with Crippen LogP contribution in [-0.2, 0) is 9.59 Å². The van der Waals surface area contributed by atoms with Crippen LogP contribution in [0.5, 0.6) is 11.5 Å². The Bertz CT molecular complexity index is 683. The second-order valence-corrected chi connectivity index (χ2v) is 7.71. The summed E-state index contributed by atoms with van der Waals surface area (Å²) in [6.45, 7) is 3.42. The molecule has 1 heterocycles. The molecule has 1 N–H and O–H groups in total. The Hall–Kier alpha value is -2.24. The van der Waals surface area contributed by atoms with Gasteiger partial charge in [-0.15, -0.1) is 0 Å². The number of carboxylic acid groups (broad SMARTS) is 1. The molecule has 2 fully saturated rings. The number of likely N-dealkylation sites (tertiary alicyclic amines) is 1. The minimum atomic E-state index is -0.934. The molecule has 2 atom stereocenters. The fourth-order valence-electron chi connectivity index (χ4n) is 4.18. The molecule has 2 aliphatic rings. The average molecular weight is 375 g/mol. The first kappa shape index (κ1) is 19.5. The number of amides is 1. The Labute approximate surface area is 160 Å². The van der Waals surface area contributed by atoms with Crippen LogP contribution in [0.3, 0.4) is 0 Å². The van der Waals surface area contributed by atoms with Gasteiger partial charge in [-0.25, -0.2) is 0 Å². The van der Waals surface area contributed by atoms with Crippen molar-refractivity contribution in [2.24, 2.45) is 5.92 Å². The van der Waals surface area contributed by atoms with Crippen molar-refractivity contribution in [3.05, 3.63) is 23.8 Å². The molecule has 1 saturated carbocycles. The number of rotatable bonds is 7. The molecule has 0 spiro atoms. The number of aliphatic carboxylic acids is 1. The molecule has 3 rings (SSSR count). The van der Waals surface area contributed by atoms with Crippen molar-refractivity contribution in [1.82, 2.24) is 4.90 Å². The SMILES string of the molecule is COc1ccc([C@@H]2CN(C(=O)CCC(=O)O)C[C@@H]2C)cc1OC1CCCC1. The summed E-state index contributed by atoms with van der Waals surface area (Å²) in [4.78, 5) is 24.8. The first-order chi connectivity index (χ1) is 13.0. The largest absolute Gasteiger partial charge is 0.493 e. The van der Waals surface area contributed by atoms with Crippen LogP contribution in [0.2, 0.25) is 0 Å². The van der Waals surface area contributed by atoms with Gasteiger partial charge in [0.15, 0.2) is 11.5 Å². The summed E-state index contributed by atoms with van der Waals surface area (Å²) in [5.41, 5.74) is 1.14. The Balaban J connectivity index is 1.71. The van der Waals surface area contributed by atoms with Crippen LogP contribution in [0.25, 0.3) is 0 Å². The van der Waals surface area contributed by atoms with Crippen LogP contribution in [0.4, 0.5) is 0 Å². The summed E-state index contributed by atoms with van der Waals surface area (Å²) >= 11 is 0. The van der Waals surface area contributed by atoms with Gasteiger partial charge in [0.1, 0.15) is 0 Å². The van der Waals surface area contributed by atoms with E-state index in [1.54, 1.807) is 12.0 Å². The van der Waals surface area contributed by atoms with E-state index in [0.29, 0.717) is 19.0 Å². The van der Waals surface area contributed by atoms with E-state index in [1.165, 1.54) is 12.8 Å². The minimum absolute atomic E-state index is 0.0629. The normalized spacial score (nSPS) is 22.8. The lowest BCUT2D eigenvalue weighted by atomic mass is 9.90. The lowest BCUT2D eigenvalue weighted by Gasteiger charge is -2.20. The minimum Gasteiger partial charge on any atom is -0.493 e. The van der Waals surface area contributed by atoms with Gasteiger partial charge in [0.25, 0.3) is 0 Å². The van der Waals surface area contributed by atoms with E-state index in [0.717, 1.165) is 29.9 Å². The summed E-state index contributed by atoms with van der Waals surface area (Å²) < 4.78 is 11.7. The highest BCUT2D eigenvalue weighted by atomic mass is 16.5. The fourth-order valence-corrected chi connectivity index (χ4v) is 4.18. The van der Waals surface area contributed by atoms with E-state index >= 15 is 0 Å². The van der Waals surface area contributed by atoms with Crippen molar-refractivity contribution >= 4 is 11.9 Å². The summed E-state index contributed by atoms with van der Waals surface area (Å²) in [6.07, 6.45) is 4.78. The lowest BCUT2D eigenvalue weighted by Crippen LogP contribution is -2.29. The predicted octanol–water partition coefficient (Wildman–Crippen LogP) is 3.44. The van der Waals surface area contributed by atoms with Crippen molar-refractivity contribution < 1.29 is 24.2 Å².